The molecule has 2 aromatic carbocycles. The van der Waals surface area contributed by atoms with Gasteiger partial charge in [-0.05, 0) is 48.2 Å². The number of carbonyl (C=O) groups excluding carboxylic acids is 1. The van der Waals surface area contributed by atoms with E-state index in [1.165, 1.54) is 12.1 Å². The summed E-state index contributed by atoms with van der Waals surface area (Å²) >= 11 is 0. The van der Waals surface area contributed by atoms with Gasteiger partial charge < -0.3 is 15.4 Å². The second-order valence-electron chi connectivity index (χ2n) is 5.93. The normalized spacial score (nSPS) is 17.4. The van der Waals surface area contributed by atoms with Gasteiger partial charge in [0, 0.05) is 13.1 Å². The minimum absolute atomic E-state index is 0.0799. The Hall–Kier alpha value is -2.40. The predicted molar refractivity (Wildman–Crippen MR) is 90.0 cm³/mol. The van der Waals surface area contributed by atoms with E-state index in [2.05, 4.69) is 10.6 Å². The molecule has 126 valence electrons. The average molecular weight is 328 g/mol. The second-order valence-corrected chi connectivity index (χ2v) is 5.93. The molecule has 24 heavy (non-hydrogen) atoms. The Morgan fingerprint density at radius 3 is 2.75 bits per heavy atom. The average Bonchev–Trinajstić information content (AvgIpc) is 2.60. The van der Waals surface area contributed by atoms with Crippen LogP contribution < -0.4 is 15.4 Å². The second kappa shape index (κ2) is 7.93. The van der Waals surface area contributed by atoms with Crippen LogP contribution in [0.5, 0.6) is 5.75 Å². The van der Waals surface area contributed by atoms with Crippen molar-refractivity contribution in [3.63, 3.8) is 0 Å². The van der Waals surface area contributed by atoms with Crippen LogP contribution in [0.3, 0.4) is 0 Å². The van der Waals surface area contributed by atoms with Crippen LogP contribution in [0.2, 0.25) is 0 Å². The van der Waals surface area contributed by atoms with Gasteiger partial charge in [-0.15, -0.1) is 0 Å². The van der Waals surface area contributed by atoms with Crippen molar-refractivity contribution in [1.29, 1.82) is 0 Å². The summed E-state index contributed by atoms with van der Waals surface area (Å²) in [7, 11) is 0. The summed E-state index contributed by atoms with van der Waals surface area (Å²) in [5.41, 5.74) is 1.88. The number of carbonyl (C=O) groups is 1. The molecule has 1 fully saturated rings. The molecule has 0 aliphatic carbocycles. The van der Waals surface area contributed by atoms with Crippen molar-refractivity contribution in [1.82, 2.24) is 10.6 Å². The Kier molecular flexibility index (Phi) is 5.43. The third kappa shape index (κ3) is 4.55. The first-order valence-corrected chi connectivity index (χ1v) is 8.18. The first-order chi connectivity index (χ1) is 11.7. The van der Waals surface area contributed by atoms with Crippen molar-refractivity contribution in [3.8, 4) is 5.75 Å². The van der Waals surface area contributed by atoms with Gasteiger partial charge in [-0.25, -0.2) is 4.39 Å². The lowest BCUT2D eigenvalue weighted by Gasteiger charge is -2.22. The Labute approximate surface area is 141 Å². The monoisotopic (exact) mass is 328 g/mol. The highest BCUT2D eigenvalue weighted by Crippen LogP contribution is 2.15. The van der Waals surface area contributed by atoms with Crippen LogP contribution in [0.4, 0.5) is 4.39 Å². The first-order valence-electron chi connectivity index (χ1n) is 8.18. The van der Waals surface area contributed by atoms with Crippen LogP contribution in [0, 0.1) is 5.82 Å². The van der Waals surface area contributed by atoms with Gasteiger partial charge in [0.1, 0.15) is 18.2 Å². The summed E-state index contributed by atoms with van der Waals surface area (Å²) in [5.74, 6) is 0.555. The van der Waals surface area contributed by atoms with Crippen LogP contribution in [-0.2, 0) is 17.9 Å². The molecule has 0 aromatic heterocycles. The molecular weight excluding hydrogens is 307 g/mol. The van der Waals surface area contributed by atoms with E-state index in [9.17, 15) is 9.18 Å². The lowest BCUT2D eigenvalue weighted by Crippen LogP contribution is -2.47. The highest BCUT2D eigenvalue weighted by molar-refractivity contribution is 5.82. The summed E-state index contributed by atoms with van der Waals surface area (Å²) in [6.07, 6.45) is 1.89. The molecule has 4 nitrogen and oxygen atoms in total. The number of halogens is 1. The van der Waals surface area contributed by atoms with Gasteiger partial charge in [-0.1, -0.05) is 24.3 Å². The number of hydrogen-bond donors (Lipinski definition) is 2. The third-order valence-electron chi connectivity index (χ3n) is 4.06. The van der Waals surface area contributed by atoms with Gasteiger partial charge in [-0.3, -0.25) is 4.79 Å². The standard InChI is InChI=1S/C19H21FN2O2/c20-16-4-1-3-15(11-16)13-24-17-8-6-14(7-9-17)12-22-18-5-2-10-21-19(18)23/h1,3-4,6-9,11,18,22H,2,5,10,12-13H2,(H,21,23). The fraction of sp³-hybridized carbons (Fsp3) is 0.316. The van der Waals surface area contributed by atoms with E-state index < -0.39 is 0 Å². The maximum atomic E-state index is 13.1. The maximum Gasteiger partial charge on any atom is 0.237 e. The van der Waals surface area contributed by atoms with Gasteiger partial charge >= 0.3 is 0 Å². The Morgan fingerprint density at radius 1 is 1.17 bits per heavy atom. The van der Waals surface area contributed by atoms with Crippen molar-refractivity contribution in [3.05, 3.63) is 65.5 Å². The molecule has 2 aromatic rings. The van der Waals surface area contributed by atoms with Crippen molar-refractivity contribution in [2.24, 2.45) is 0 Å². The van der Waals surface area contributed by atoms with Crippen LogP contribution in [0.25, 0.3) is 0 Å². The zero-order valence-corrected chi connectivity index (χ0v) is 13.4. The summed E-state index contributed by atoms with van der Waals surface area (Å²) in [5, 5.41) is 6.14. The van der Waals surface area contributed by atoms with Gasteiger partial charge in [0.2, 0.25) is 5.91 Å². The number of piperidine rings is 1. The summed E-state index contributed by atoms with van der Waals surface area (Å²) in [6.45, 7) is 1.74. The fourth-order valence-corrected chi connectivity index (χ4v) is 2.70. The number of amides is 1. The molecule has 1 heterocycles. The number of hydrogen-bond acceptors (Lipinski definition) is 3. The largest absolute Gasteiger partial charge is 0.489 e. The van der Waals surface area contributed by atoms with E-state index in [0.29, 0.717) is 13.2 Å². The highest BCUT2D eigenvalue weighted by atomic mass is 19.1. The molecule has 3 rings (SSSR count). The topological polar surface area (TPSA) is 50.4 Å². The molecule has 2 N–H and O–H groups in total. The summed E-state index contributed by atoms with van der Waals surface area (Å²) < 4.78 is 18.8. The molecule has 1 amide bonds. The van der Waals surface area contributed by atoms with Crippen molar-refractivity contribution < 1.29 is 13.9 Å². The lowest BCUT2D eigenvalue weighted by atomic mass is 10.1. The molecule has 1 atom stereocenters. The molecule has 1 aliphatic heterocycles. The van der Waals surface area contributed by atoms with E-state index in [1.54, 1.807) is 6.07 Å². The van der Waals surface area contributed by atoms with Crippen LogP contribution in [0.15, 0.2) is 48.5 Å². The third-order valence-corrected chi connectivity index (χ3v) is 4.06. The molecular formula is C19H21FN2O2. The summed E-state index contributed by atoms with van der Waals surface area (Å²) in [6, 6.07) is 14.0. The molecule has 0 saturated carbocycles. The Morgan fingerprint density at radius 2 is 2.00 bits per heavy atom. The molecule has 1 unspecified atom stereocenters. The van der Waals surface area contributed by atoms with E-state index >= 15 is 0 Å². The minimum Gasteiger partial charge on any atom is -0.489 e. The number of ether oxygens (including phenoxy) is 1. The maximum absolute atomic E-state index is 13.1. The first kappa shape index (κ1) is 16.5. The number of rotatable bonds is 6. The smallest absolute Gasteiger partial charge is 0.237 e. The number of benzene rings is 2. The van der Waals surface area contributed by atoms with Gasteiger partial charge in [0.25, 0.3) is 0 Å². The van der Waals surface area contributed by atoms with Gasteiger partial charge in [-0.2, -0.15) is 0 Å². The number of nitrogens with one attached hydrogen (secondary N) is 2. The van der Waals surface area contributed by atoms with E-state index in [-0.39, 0.29) is 17.8 Å². The van der Waals surface area contributed by atoms with Crippen LogP contribution >= 0.6 is 0 Å². The van der Waals surface area contributed by atoms with Crippen molar-refractivity contribution in [2.45, 2.75) is 32.0 Å². The molecule has 1 aliphatic rings. The van der Waals surface area contributed by atoms with Crippen LogP contribution in [0.1, 0.15) is 24.0 Å². The molecule has 0 bridgehead atoms. The highest BCUT2D eigenvalue weighted by Gasteiger charge is 2.20. The van der Waals surface area contributed by atoms with E-state index in [0.717, 1.165) is 36.3 Å². The minimum atomic E-state index is -0.260. The predicted octanol–water partition coefficient (Wildman–Crippen LogP) is 2.77. The Balaban J connectivity index is 1.49. The SMILES string of the molecule is O=C1NCCCC1NCc1ccc(OCc2cccc(F)c2)cc1. The quantitative estimate of drug-likeness (QED) is 0.857. The Bertz CT molecular complexity index is 688. The zero-order valence-electron chi connectivity index (χ0n) is 13.4. The zero-order chi connectivity index (χ0) is 16.8. The summed E-state index contributed by atoms with van der Waals surface area (Å²) in [4.78, 5) is 11.7. The van der Waals surface area contributed by atoms with Gasteiger partial charge in [0.15, 0.2) is 0 Å². The fourth-order valence-electron chi connectivity index (χ4n) is 2.70. The molecule has 0 spiro atoms. The van der Waals surface area contributed by atoms with Gasteiger partial charge in [0.05, 0.1) is 6.04 Å². The molecule has 1 saturated heterocycles. The van der Waals surface area contributed by atoms with E-state index in [4.69, 9.17) is 4.74 Å². The lowest BCUT2D eigenvalue weighted by molar-refractivity contribution is -0.124. The van der Waals surface area contributed by atoms with Crippen molar-refractivity contribution in [2.75, 3.05) is 6.54 Å². The molecule has 5 heteroatoms. The van der Waals surface area contributed by atoms with Crippen LogP contribution in [-0.4, -0.2) is 18.5 Å². The molecule has 0 radical (unpaired) electrons. The van der Waals surface area contributed by atoms with E-state index in [1.807, 2.05) is 30.3 Å². The van der Waals surface area contributed by atoms with Crippen molar-refractivity contribution >= 4 is 5.91 Å².